The number of alkyl halides is 3. The number of carboxylic acid groups (broad SMARTS) is 1. The van der Waals surface area contributed by atoms with E-state index in [1.807, 2.05) is 0 Å². The molecule has 43 heavy (non-hydrogen) atoms. The number of benzene rings is 1. The number of anilines is 2. The third kappa shape index (κ3) is 7.43. The van der Waals surface area contributed by atoms with Gasteiger partial charge in [-0.05, 0) is 57.1 Å². The number of halogens is 4. The molecule has 2 heterocycles. The van der Waals surface area contributed by atoms with Gasteiger partial charge in [0.2, 0.25) is 11.8 Å². The molecule has 1 amide bonds. The lowest BCUT2D eigenvalue weighted by atomic mass is 9.82. The molecule has 0 bridgehead atoms. The minimum absolute atomic E-state index is 0.0753. The lowest BCUT2D eigenvalue weighted by Crippen LogP contribution is -2.43. The van der Waals surface area contributed by atoms with Gasteiger partial charge in [-0.1, -0.05) is 6.92 Å². The predicted octanol–water partition coefficient (Wildman–Crippen LogP) is 7.41. The van der Waals surface area contributed by atoms with Crippen molar-refractivity contribution in [3.63, 3.8) is 0 Å². The zero-order chi connectivity index (χ0) is 31.6. The molecule has 1 fully saturated rings. The van der Waals surface area contributed by atoms with Crippen molar-refractivity contribution in [3.05, 3.63) is 58.0 Å². The van der Waals surface area contributed by atoms with Gasteiger partial charge in [0.25, 0.3) is 0 Å². The molecule has 0 saturated heterocycles. The zero-order valence-corrected chi connectivity index (χ0v) is 25.4. The van der Waals surface area contributed by atoms with Crippen molar-refractivity contribution in [3.8, 4) is 11.6 Å². The Morgan fingerprint density at radius 3 is 2.37 bits per heavy atom. The van der Waals surface area contributed by atoms with Crippen LogP contribution < -0.4 is 14.5 Å². The average molecular weight is 623 g/mol. The van der Waals surface area contributed by atoms with Gasteiger partial charge in [-0.2, -0.15) is 13.2 Å². The van der Waals surface area contributed by atoms with Gasteiger partial charge in [0.15, 0.2) is 16.7 Å². The van der Waals surface area contributed by atoms with Crippen LogP contribution in [0.15, 0.2) is 29.8 Å². The van der Waals surface area contributed by atoms with Crippen LogP contribution in [0.5, 0.6) is 11.6 Å². The number of aromatic carboxylic acids is 1. The number of amides is 1. The summed E-state index contributed by atoms with van der Waals surface area (Å²) in [5, 5.41) is 12.4. The first-order valence-corrected chi connectivity index (χ1v) is 14.8. The summed E-state index contributed by atoms with van der Waals surface area (Å²) in [7, 11) is 3.60. The highest BCUT2D eigenvalue weighted by atomic mass is 32.1. The summed E-state index contributed by atoms with van der Waals surface area (Å²) in [4.78, 5) is 37.0. The molecule has 13 heteroatoms. The molecule has 232 valence electrons. The summed E-state index contributed by atoms with van der Waals surface area (Å²) in [6.07, 6.45) is -0.681. The minimum Gasteiger partial charge on any atom is -0.478 e. The number of thiazole rings is 1. The first-order valence-electron chi connectivity index (χ1n) is 13.9. The molecule has 1 N–H and O–H groups in total. The highest BCUT2D eigenvalue weighted by Crippen LogP contribution is 2.40. The van der Waals surface area contributed by atoms with Gasteiger partial charge in [-0.25, -0.2) is 19.2 Å². The molecule has 0 radical (unpaired) electrons. The maximum atomic E-state index is 15.4. The molecule has 0 unspecified atom stereocenters. The number of ether oxygens (including phenoxy) is 1. The van der Waals surface area contributed by atoms with Crippen LogP contribution in [0.2, 0.25) is 0 Å². The SMILES string of the molecule is CC1CCC(C(=O)N(c2cc(F)c(Oc3ncc(Cc4csc(N(C)C)n4)cc3C(F)(F)F)cc2C(=O)O)C(C)C)CC1. The highest BCUT2D eigenvalue weighted by molar-refractivity contribution is 7.13. The van der Waals surface area contributed by atoms with Crippen molar-refractivity contribution >= 4 is 34.0 Å². The molecule has 0 atom stereocenters. The molecule has 0 spiro atoms. The average Bonchev–Trinajstić information content (AvgIpc) is 3.39. The van der Waals surface area contributed by atoms with Crippen molar-refractivity contribution in [2.75, 3.05) is 23.9 Å². The molecule has 1 aliphatic rings. The van der Waals surface area contributed by atoms with E-state index >= 15 is 4.39 Å². The predicted molar refractivity (Wildman–Crippen MR) is 156 cm³/mol. The molecular weight excluding hydrogens is 588 g/mol. The maximum Gasteiger partial charge on any atom is 0.421 e. The van der Waals surface area contributed by atoms with Crippen molar-refractivity contribution in [1.29, 1.82) is 0 Å². The first-order chi connectivity index (χ1) is 20.1. The van der Waals surface area contributed by atoms with Gasteiger partial charge in [0, 0.05) is 56.2 Å². The minimum atomic E-state index is -4.90. The standard InChI is InChI=1S/C30H34F4N4O4S/c1-16(2)38(27(39)19-8-6-17(3)7-9-19)24-13-23(31)25(12-21(24)28(40)41)42-26-22(30(32,33)34)11-18(14-35-26)10-20-15-43-29(36-20)37(4)5/h11-17,19H,6-10H2,1-5H3,(H,40,41). The van der Waals surface area contributed by atoms with E-state index in [1.165, 1.54) is 22.4 Å². The first kappa shape index (κ1) is 32.2. The van der Waals surface area contributed by atoms with Gasteiger partial charge >= 0.3 is 12.1 Å². The molecule has 3 aromatic rings. The lowest BCUT2D eigenvalue weighted by Gasteiger charge is -2.34. The number of pyridine rings is 1. The number of rotatable bonds is 9. The molecular formula is C30H34F4N4O4S. The Morgan fingerprint density at radius 1 is 1.14 bits per heavy atom. The van der Waals surface area contributed by atoms with Crippen LogP contribution >= 0.6 is 11.3 Å². The van der Waals surface area contributed by atoms with Crippen LogP contribution in [0, 0.1) is 17.7 Å². The largest absolute Gasteiger partial charge is 0.478 e. The van der Waals surface area contributed by atoms with Gasteiger partial charge in [0.05, 0.1) is 16.9 Å². The van der Waals surface area contributed by atoms with E-state index in [2.05, 4.69) is 16.9 Å². The third-order valence-electron chi connectivity index (χ3n) is 7.39. The smallest absolute Gasteiger partial charge is 0.421 e. The Balaban J connectivity index is 1.68. The van der Waals surface area contributed by atoms with E-state index in [0.717, 1.165) is 31.0 Å². The number of carbonyl (C=O) groups excluding carboxylic acids is 1. The van der Waals surface area contributed by atoms with Crippen molar-refractivity contribution in [2.45, 2.75) is 65.1 Å². The van der Waals surface area contributed by atoms with Crippen LogP contribution in [0.4, 0.5) is 28.4 Å². The molecule has 1 aliphatic carbocycles. The maximum absolute atomic E-state index is 15.4. The van der Waals surface area contributed by atoms with Crippen molar-refractivity contribution in [1.82, 2.24) is 9.97 Å². The second-order valence-corrected chi connectivity index (χ2v) is 12.2. The number of hydrogen-bond acceptors (Lipinski definition) is 7. The van der Waals surface area contributed by atoms with E-state index in [9.17, 15) is 27.9 Å². The van der Waals surface area contributed by atoms with Gasteiger partial charge in [0.1, 0.15) is 5.56 Å². The Hall–Kier alpha value is -3.74. The molecule has 4 rings (SSSR count). The van der Waals surface area contributed by atoms with Crippen LogP contribution in [-0.4, -0.2) is 47.1 Å². The van der Waals surface area contributed by atoms with Crippen LogP contribution in [-0.2, 0) is 17.4 Å². The highest BCUT2D eigenvalue weighted by Gasteiger charge is 2.37. The number of hydrogen-bond donors (Lipinski definition) is 1. The normalized spacial score (nSPS) is 17.2. The summed E-state index contributed by atoms with van der Waals surface area (Å²) in [5.41, 5.74) is -1.15. The summed E-state index contributed by atoms with van der Waals surface area (Å²) >= 11 is 1.34. The Morgan fingerprint density at radius 2 is 1.81 bits per heavy atom. The van der Waals surface area contributed by atoms with E-state index in [0.29, 0.717) is 29.6 Å². The van der Waals surface area contributed by atoms with Gasteiger partial charge in [-0.3, -0.25) is 4.79 Å². The molecule has 1 aromatic carbocycles. The zero-order valence-electron chi connectivity index (χ0n) is 24.5. The second kappa shape index (κ2) is 12.9. The Labute approximate surface area is 251 Å². The fraction of sp³-hybridized carbons (Fsp3) is 0.467. The van der Waals surface area contributed by atoms with E-state index in [4.69, 9.17) is 4.74 Å². The van der Waals surface area contributed by atoms with Crippen molar-refractivity contribution in [2.24, 2.45) is 11.8 Å². The summed E-state index contributed by atoms with van der Waals surface area (Å²) in [6.45, 7) is 5.47. The topological polar surface area (TPSA) is 95.9 Å². The molecule has 2 aromatic heterocycles. The summed E-state index contributed by atoms with van der Waals surface area (Å²) < 4.78 is 62.9. The Bertz CT molecular complexity index is 1480. The fourth-order valence-corrected chi connectivity index (χ4v) is 5.88. The number of nitrogens with zero attached hydrogens (tertiary/aromatic N) is 4. The number of carbonyl (C=O) groups is 2. The molecule has 0 aliphatic heterocycles. The Kier molecular flexibility index (Phi) is 9.63. The monoisotopic (exact) mass is 622 g/mol. The van der Waals surface area contributed by atoms with E-state index < -0.39 is 46.8 Å². The molecule has 1 saturated carbocycles. The quantitative estimate of drug-likeness (QED) is 0.248. The van der Waals surface area contributed by atoms with Crippen molar-refractivity contribution < 1.29 is 37.0 Å². The second-order valence-electron chi connectivity index (χ2n) is 11.4. The summed E-state index contributed by atoms with van der Waals surface area (Å²) in [5.74, 6) is -4.48. The van der Waals surface area contributed by atoms with Crippen LogP contribution in [0.1, 0.15) is 73.6 Å². The van der Waals surface area contributed by atoms with Gasteiger partial charge in [-0.15, -0.1) is 11.3 Å². The van der Waals surface area contributed by atoms with Crippen LogP contribution in [0.3, 0.4) is 0 Å². The molecule has 8 nitrogen and oxygen atoms in total. The number of carboxylic acids is 1. The third-order valence-corrected chi connectivity index (χ3v) is 8.44. The van der Waals surface area contributed by atoms with Crippen LogP contribution in [0.25, 0.3) is 0 Å². The van der Waals surface area contributed by atoms with Gasteiger partial charge < -0.3 is 19.6 Å². The van der Waals surface area contributed by atoms with E-state index in [1.54, 1.807) is 38.2 Å². The number of aromatic nitrogens is 2. The fourth-order valence-electron chi connectivity index (χ4n) is 5.12. The van der Waals surface area contributed by atoms with E-state index in [-0.39, 0.29) is 29.5 Å². The summed E-state index contributed by atoms with van der Waals surface area (Å²) in [6, 6.07) is 1.97. The lowest BCUT2D eigenvalue weighted by molar-refractivity contribution is -0.139.